The molecule has 1 saturated carbocycles. The first-order valence-electron chi connectivity index (χ1n) is 6.62. The van der Waals surface area contributed by atoms with Crippen molar-refractivity contribution in [1.82, 2.24) is 5.32 Å². The number of nitrogens with two attached hydrogens (primary N) is 1. The average Bonchev–Trinajstić information content (AvgIpc) is 3.23. The monoisotopic (exact) mass is 300 g/mol. The van der Waals surface area contributed by atoms with Crippen molar-refractivity contribution in [2.24, 2.45) is 11.7 Å². The summed E-state index contributed by atoms with van der Waals surface area (Å²) in [6.45, 7) is 2.56. The lowest BCUT2D eigenvalue weighted by Gasteiger charge is -2.31. The van der Waals surface area contributed by atoms with Crippen LogP contribution in [0.4, 0.5) is 8.78 Å². The van der Waals surface area contributed by atoms with Crippen LogP contribution in [0, 0.1) is 17.6 Å². The molecule has 3 nitrogen and oxygen atoms in total. The molecule has 1 amide bonds. The van der Waals surface area contributed by atoms with E-state index in [4.69, 9.17) is 5.73 Å². The summed E-state index contributed by atoms with van der Waals surface area (Å²) in [5, 5.41) is 3.19. The quantitative estimate of drug-likeness (QED) is 0.760. The molecule has 0 heterocycles. The van der Waals surface area contributed by atoms with E-state index in [9.17, 15) is 13.6 Å². The Hall–Kier alpha value is -1.14. The van der Waals surface area contributed by atoms with Gasteiger partial charge in [-0.3, -0.25) is 4.79 Å². The normalized spacial score (nSPS) is 17.8. The molecule has 6 heteroatoms. The lowest BCUT2D eigenvalue weighted by Crippen LogP contribution is -2.59. The van der Waals surface area contributed by atoms with E-state index in [1.807, 2.05) is 6.92 Å². The van der Waals surface area contributed by atoms with Crippen molar-refractivity contribution in [2.75, 3.05) is 12.3 Å². The largest absolute Gasteiger partial charge is 0.368 e. The molecule has 1 atom stereocenters. The standard InChI is InChI=1S/C14H18F2N2OS/c1-2-18-14(13(17)19,9-3-4-9)8-20-10-5-6-11(15)12(16)7-10/h5-7,9,18H,2-4,8H2,1H3,(H2,17,19). The highest BCUT2D eigenvalue weighted by Gasteiger charge is 2.49. The summed E-state index contributed by atoms with van der Waals surface area (Å²) < 4.78 is 26.1. The van der Waals surface area contributed by atoms with Crippen molar-refractivity contribution in [2.45, 2.75) is 30.2 Å². The van der Waals surface area contributed by atoms with Gasteiger partial charge in [-0.2, -0.15) is 0 Å². The molecule has 1 aromatic rings. The van der Waals surface area contributed by atoms with E-state index in [1.54, 1.807) is 0 Å². The van der Waals surface area contributed by atoms with Crippen LogP contribution in [0.3, 0.4) is 0 Å². The molecule has 0 aromatic heterocycles. The second-order valence-corrected chi connectivity index (χ2v) is 6.05. The molecule has 1 aliphatic rings. The molecule has 110 valence electrons. The van der Waals surface area contributed by atoms with Gasteiger partial charge >= 0.3 is 0 Å². The molecule has 1 fully saturated rings. The maximum absolute atomic E-state index is 13.2. The third-order valence-corrected chi connectivity index (χ3v) is 4.75. The highest BCUT2D eigenvalue weighted by molar-refractivity contribution is 7.99. The molecule has 1 unspecified atom stereocenters. The van der Waals surface area contributed by atoms with Crippen molar-refractivity contribution in [3.8, 4) is 0 Å². The van der Waals surface area contributed by atoms with Crippen molar-refractivity contribution in [3.05, 3.63) is 29.8 Å². The van der Waals surface area contributed by atoms with Crippen LogP contribution in [-0.2, 0) is 4.79 Å². The summed E-state index contributed by atoms with van der Waals surface area (Å²) in [7, 11) is 0. The molecule has 0 aliphatic heterocycles. The van der Waals surface area contributed by atoms with Crippen LogP contribution in [0.2, 0.25) is 0 Å². The summed E-state index contributed by atoms with van der Waals surface area (Å²) in [6, 6.07) is 3.74. The van der Waals surface area contributed by atoms with Gasteiger partial charge in [0.15, 0.2) is 11.6 Å². The van der Waals surface area contributed by atoms with Crippen LogP contribution in [0.25, 0.3) is 0 Å². The number of thioether (sulfide) groups is 1. The molecule has 1 aromatic carbocycles. The van der Waals surface area contributed by atoms with Gasteiger partial charge in [0.2, 0.25) is 5.91 Å². The van der Waals surface area contributed by atoms with Crippen LogP contribution in [-0.4, -0.2) is 23.7 Å². The summed E-state index contributed by atoms with van der Waals surface area (Å²) in [6.07, 6.45) is 1.93. The van der Waals surface area contributed by atoms with E-state index in [-0.39, 0.29) is 11.8 Å². The van der Waals surface area contributed by atoms with E-state index in [0.717, 1.165) is 25.0 Å². The Morgan fingerprint density at radius 2 is 2.15 bits per heavy atom. The van der Waals surface area contributed by atoms with Gasteiger partial charge in [0, 0.05) is 10.6 Å². The third kappa shape index (κ3) is 3.12. The number of rotatable bonds is 7. The Balaban J connectivity index is 2.11. The van der Waals surface area contributed by atoms with Gasteiger partial charge in [-0.15, -0.1) is 11.8 Å². The summed E-state index contributed by atoms with van der Waals surface area (Å²) >= 11 is 1.32. The molecule has 0 spiro atoms. The predicted octanol–water partition coefficient (Wildman–Crippen LogP) is 2.30. The predicted molar refractivity (Wildman–Crippen MR) is 75.4 cm³/mol. The van der Waals surface area contributed by atoms with Crippen LogP contribution in [0.5, 0.6) is 0 Å². The first-order chi connectivity index (χ1) is 9.49. The molecule has 2 rings (SSSR count). The first-order valence-corrected chi connectivity index (χ1v) is 7.61. The van der Waals surface area contributed by atoms with E-state index in [2.05, 4.69) is 5.32 Å². The van der Waals surface area contributed by atoms with Gasteiger partial charge in [0.05, 0.1) is 0 Å². The Kier molecular flexibility index (Phi) is 4.65. The number of primary amides is 1. The molecule has 0 bridgehead atoms. The van der Waals surface area contributed by atoms with Crippen molar-refractivity contribution >= 4 is 17.7 Å². The Morgan fingerprint density at radius 1 is 1.45 bits per heavy atom. The van der Waals surface area contributed by atoms with Crippen LogP contribution in [0.15, 0.2) is 23.1 Å². The van der Waals surface area contributed by atoms with Crippen molar-refractivity contribution < 1.29 is 13.6 Å². The molecular weight excluding hydrogens is 282 g/mol. The zero-order chi connectivity index (χ0) is 14.8. The van der Waals surface area contributed by atoms with Crippen LogP contribution in [0.1, 0.15) is 19.8 Å². The minimum absolute atomic E-state index is 0.234. The fourth-order valence-electron chi connectivity index (χ4n) is 2.33. The van der Waals surface area contributed by atoms with Crippen molar-refractivity contribution in [1.29, 1.82) is 0 Å². The number of halogens is 2. The number of carbonyl (C=O) groups excluding carboxylic acids is 1. The maximum atomic E-state index is 13.2. The van der Waals surface area contributed by atoms with Gasteiger partial charge in [0.1, 0.15) is 5.54 Å². The highest BCUT2D eigenvalue weighted by Crippen LogP contribution is 2.42. The first kappa shape index (κ1) is 15.3. The van der Waals surface area contributed by atoms with Crippen LogP contribution < -0.4 is 11.1 Å². The molecule has 1 aliphatic carbocycles. The van der Waals surface area contributed by atoms with Gasteiger partial charge in [-0.05, 0) is 43.5 Å². The highest BCUT2D eigenvalue weighted by atomic mass is 32.2. The zero-order valence-corrected chi connectivity index (χ0v) is 12.1. The van der Waals surface area contributed by atoms with Crippen LogP contribution >= 0.6 is 11.8 Å². The maximum Gasteiger partial charge on any atom is 0.238 e. The molecule has 20 heavy (non-hydrogen) atoms. The summed E-state index contributed by atoms with van der Waals surface area (Å²) in [5.74, 6) is -1.47. The van der Waals surface area contributed by atoms with E-state index in [0.29, 0.717) is 17.2 Å². The van der Waals surface area contributed by atoms with Gasteiger partial charge < -0.3 is 11.1 Å². The lowest BCUT2D eigenvalue weighted by molar-refractivity contribution is -0.124. The Morgan fingerprint density at radius 3 is 2.65 bits per heavy atom. The van der Waals surface area contributed by atoms with Crippen molar-refractivity contribution in [3.63, 3.8) is 0 Å². The topological polar surface area (TPSA) is 55.1 Å². The minimum atomic E-state index is -0.880. The molecular formula is C14H18F2N2OS. The smallest absolute Gasteiger partial charge is 0.238 e. The second-order valence-electron chi connectivity index (χ2n) is 5.00. The number of benzene rings is 1. The molecule has 0 radical (unpaired) electrons. The van der Waals surface area contributed by atoms with E-state index < -0.39 is 17.2 Å². The minimum Gasteiger partial charge on any atom is -0.368 e. The second kappa shape index (κ2) is 6.10. The Bertz CT molecular complexity index is 508. The lowest BCUT2D eigenvalue weighted by atomic mass is 9.94. The summed E-state index contributed by atoms with van der Waals surface area (Å²) in [4.78, 5) is 12.4. The van der Waals surface area contributed by atoms with E-state index >= 15 is 0 Å². The number of nitrogens with one attached hydrogen (secondary N) is 1. The number of amides is 1. The summed E-state index contributed by atoms with van der Waals surface area (Å²) in [5.41, 5.74) is 4.81. The molecule has 3 N–H and O–H groups in total. The van der Waals surface area contributed by atoms with Gasteiger partial charge in [0.25, 0.3) is 0 Å². The number of carbonyl (C=O) groups is 1. The molecule has 0 saturated heterocycles. The average molecular weight is 300 g/mol. The SMILES string of the molecule is CCNC(CSc1ccc(F)c(F)c1)(C(N)=O)C1CC1. The fourth-order valence-corrected chi connectivity index (χ4v) is 3.55. The fraction of sp³-hybridized carbons (Fsp3) is 0.500. The van der Waals surface area contributed by atoms with E-state index in [1.165, 1.54) is 17.8 Å². The van der Waals surface area contributed by atoms with Gasteiger partial charge in [-0.1, -0.05) is 6.92 Å². The number of hydrogen-bond donors (Lipinski definition) is 2. The Labute approximate surface area is 121 Å². The zero-order valence-electron chi connectivity index (χ0n) is 11.3. The number of hydrogen-bond acceptors (Lipinski definition) is 3. The van der Waals surface area contributed by atoms with Gasteiger partial charge in [-0.25, -0.2) is 8.78 Å². The third-order valence-electron chi connectivity index (χ3n) is 3.56. The number of likely N-dealkylation sites (N-methyl/N-ethyl adjacent to an activating group) is 1.